The molecule has 0 spiro atoms. The number of piperidine rings is 1. The molecule has 0 bridgehead atoms. The summed E-state index contributed by atoms with van der Waals surface area (Å²) in [5.41, 5.74) is 2.15. The largest absolute Gasteiger partial charge is 0.341 e. The number of para-hydroxylation sites is 2. The van der Waals surface area contributed by atoms with E-state index in [4.69, 9.17) is 0 Å². The van der Waals surface area contributed by atoms with Crippen LogP contribution in [0.1, 0.15) is 12.8 Å². The molecule has 17 heavy (non-hydrogen) atoms. The van der Waals surface area contributed by atoms with E-state index in [0.29, 0.717) is 6.04 Å². The van der Waals surface area contributed by atoms with Gasteiger partial charge in [0.15, 0.2) is 0 Å². The van der Waals surface area contributed by atoms with Gasteiger partial charge in [-0.1, -0.05) is 12.1 Å². The molecular formula is C13H18N4. The predicted octanol–water partition coefficient (Wildman–Crippen LogP) is 1.75. The monoisotopic (exact) mass is 230 g/mol. The van der Waals surface area contributed by atoms with E-state index in [1.807, 2.05) is 18.2 Å². The quantitative estimate of drug-likeness (QED) is 0.826. The zero-order valence-corrected chi connectivity index (χ0v) is 10.1. The SMILES string of the molecule is CN(c1nc2ccccc2[nH]1)[C@H]1CCCNC1. The van der Waals surface area contributed by atoms with E-state index in [0.717, 1.165) is 30.1 Å². The lowest BCUT2D eigenvalue weighted by atomic mass is 10.1. The van der Waals surface area contributed by atoms with Crippen molar-refractivity contribution in [3.63, 3.8) is 0 Å². The van der Waals surface area contributed by atoms with Gasteiger partial charge in [0, 0.05) is 19.6 Å². The Balaban J connectivity index is 1.86. The van der Waals surface area contributed by atoms with Gasteiger partial charge in [0.2, 0.25) is 5.95 Å². The van der Waals surface area contributed by atoms with Crippen molar-refractivity contribution >= 4 is 17.0 Å². The van der Waals surface area contributed by atoms with Crippen molar-refractivity contribution in [2.45, 2.75) is 18.9 Å². The first kappa shape index (κ1) is 10.6. The van der Waals surface area contributed by atoms with Crippen molar-refractivity contribution in [1.29, 1.82) is 0 Å². The van der Waals surface area contributed by atoms with Gasteiger partial charge in [-0.05, 0) is 31.5 Å². The van der Waals surface area contributed by atoms with Crippen LogP contribution in [0.2, 0.25) is 0 Å². The minimum absolute atomic E-state index is 0.546. The molecule has 0 amide bonds. The second-order valence-corrected chi connectivity index (χ2v) is 4.69. The number of hydrogen-bond acceptors (Lipinski definition) is 3. The maximum absolute atomic E-state index is 4.63. The van der Waals surface area contributed by atoms with Crippen molar-refractivity contribution in [3.05, 3.63) is 24.3 Å². The number of benzene rings is 1. The van der Waals surface area contributed by atoms with Crippen LogP contribution >= 0.6 is 0 Å². The van der Waals surface area contributed by atoms with Crippen LogP contribution in [-0.4, -0.2) is 36.1 Å². The van der Waals surface area contributed by atoms with Gasteiger partial charge in [-0.15, -0.1) is 0 Å². The fourth-order valence-electron chi connectivity index (χ4n) is 2.44. The molecule has 4 heteroatoms. The summed E-state index contributed by atoms with van der Waals surface area (Å²) in [5.74, 6) is 0.972. The summed E-state index contributed by atoms with van der Waals surface area (Å²) in [5, 5.41) is 3.44. The zero-order valence-electron chi connectivity index (χ0n) is 10.1. The number of fused-ring (bicyclic) bond motifs is 1. The fraction of sp³-hybridized carbons (Fsp3) is 0.462. The first-order chi connectivity index (χ1) is 8.34. The molecule has 1 aromatic heterocycles. The van der Waals surface area contributed by atoms with Crippen LogP contribution in [0.15, 0.2) is 24.3 Å². The first-order valence-electron chi connectivity index (χ1n) is 6.23. The highest BCUT2D eigenvalue weighted by Gasteiger charge is 2.19. The molecule has 1 aliphatic rings. The molecule has 2 N–H and O–H groups in total. The number of imidazole rings is 1. The molecule has 3 rings (SSSR count). The number of aromatic nitrogens is 2. The Morgan fingerprint density at radius 1 is 1.35 bits per heavy atom. The number of likely N-dealkylation sites (N-methyl/N-ethyl adjacent to an activating group) is 1. The van der Waals surface area contributed by atoms with Gasteiger partial charge in [0.05, 0.1) is 11.0 Å². The summed E-state index contributed by atoms with van der Waals surface area (Å²) < 4.78 is 0. The Bertz CT molecular complexity index is 466. The van der Waals surface area contributed by atoms with Crippen LogP contribution in [0, 0.1) is 0 Å². The van der Waals surface area contributed by atoms with Gasteiger partial charge in [-0.3, -0.25) is 0 Å². The standard InChI is InChI=1S/C13H18N4/c1-17(10-5-4-8-14-9-10)13-15-11-6-2-3-7-12(11)16-13/h2-3,6-7,10,14H,4-5,8-9H2,1H3,(H,15,16)/t10-/m0/s1. The summed E-state index contributed by atoms with van der Waals surface area (Å²) >= 11 is 0. The van der Waals surface area contributed by atoms with E-state index >= 15 is 0 Å². The molecule has 90 valence electrons. The Labute approximate surface area is 101 Å². The van der Waals surface area contributed by atoms with Crippen molar-refractivity contribution in [2.75, 3.05) is 25.0 Å². The Hall–Kier alpha value is -1.55. The van der Waals surface area contributed by atoms with Gasteiger partial charge in [0.1, 0.15) is 0 Å². The van der Waals surface area contributed by atoms with Gasteiger partial charge in [-0.2, -0.15) is 0 Å². The van der Waals surface area contributed by atoms with E-state index < -0.39 is 0 Å². The molecule has 2 aromatic rings. The van der Waals surface area contributed by atoms with Crippen LogP contribution in [-0.2, 0) is 0 Å². The fourth-order valence-corrected chi connectivity index (χ4v) is 2.44. The summed E-state index contributed by atoms with van der Waals surface area (Å²) in [7, 11) is 2.12. The minimum atomic E-state index is 0.546. The average Bonchev–Trinajstić information content (AvgIpc) is 2.82. The maximum Gasteiger partial charge on any atom is 0.203 e. The van der Waals surface area contributed by atoms with Crippen molar-refractivity contribution in [2.24, 2.45) is 0 Å². The maximum atomic E-state index is 4.63. The first-order valence-corrected chi connectivity index (χ1v) is 6.23. The normalized spacial score (nSPS) is 20.6. The number of nitrogens with one attached hydrogen (secondary N) is 2. The van der Waals surface area contributed by atoms with Gasteiger partial charge in [0.25, 0.3) is 0 Å². The molecule has 0 saturated carbocycles. The molecule has 0 aliphatic carbocycles. The summed E-state index contributed by atoms with van der Waals surface area (Å²) in [6.07, 6.45) is 2.48. The number of nitrogens with zero attached hydrogens (tertiary/aromatic N) is 2. The lowest BCUT2D eigenvalue weighted by molar-refractivity contribution is 0.442. The third-order valence-electron chi connectivity index (χ3n) is 3.53. The Morgan fingerprint density at radius 3 is 3.00 bits per heavy atom. The average molecular weight is 230 g/mol. The highest BCUT2D eigenvalue weighted by atomic mass is 15.3. The molecule has 0 unspecified atom stereocenters. The van der Waals surface area contributed by atoms with E-state index in [-0.39, 0.29) is 0 Å². The third-order valence-corrected chi connectivity index (χ3v) is 3.53. The van der Waals surface area contributed by atoms with Gasteiger partial charge in [-0.25, -0.2) is 4.98 Å². The van der Waals surface area contributed by atoms with E-state index in [1.54, 1.807) is 0 Å². The zero-order chi connectivity index (χ0) is 11.7. The van der Waals surface area contributed by atoms with Crippen LogP contribution in [0.4, 0.5) is 5.95 Å². The van der Waals surface area contributed by atoms with Crippen molar-refractivity contribution in [1.82, 2.24) is 15.3 Å². The van der Waals surface area contributed by atoms with E-state index in [9.17, 15) is 0 Å². The van der Waals surface area contributed by atoms with Gasteiger partial charge >= 0.3 is 0 Å². The van der Waals surface area contributed by atoms with E-state index in [2.05, 4.69) is 33.3 Å². The Morgan fingerprint density at radius 2 is 2.24 bits per heavy atom. The molecule has 1 aliphatic heterocycles. The Kier molecular flexibility index (Phi) is 2.73. The van der Waals surface area contributed by atoms with Crippen LogP contribution in [0.3, 0.4) is 0 Å². The van der Waals surface area contributed by atoms with Crippen molar-refractivity contribution < 1.29 is 0 Å². The summed E-state index contributed by atoms with van der Waals surface area (Å²) in [4.78, 5) is 10.3. The number of aromatic amines is 1. The molecule has 2 heterocycles. The number of H-pyrrole nitrogens is 1. The second-order valence-electron chi connectivity index (χ2n) is 4.69. The summed E-state index contributed by atoms with van der Waals surface area (Å²) in [6.45, 7) is 2.19. The molecule has 1 atom stereocenters. The van der Waals surface area contributed by atoms with E-state index in [1.165, 1.54) is 12.8 Å². The highest BCUT2D eigenvalue weighted by Crippen LogP contribution is 2.19. The molecule has 1 saturated heterocycles. The highest BCUT2D eigenvalue weighted by molar-refractivity contribution is 5.77. The third kappa shape index (κ3) is 2.00. The molecule has 1 aromatic carbocycles. The predicted molar refractivity (Wildman–Crippen MR) is 70.4 cm³/mol. The smallest absolute Gasteiger partial charge is 0.203 e. The molecular weight excluding hydrogens is 212 g/mol. The van der Waals surface area contributed by atoms with Gasteiger partial charge < -0.3 is 15.2 Å². The number of rotatable bonds is 2. The van der Waals surface area contributed by atoms with Crippen LogP contribution < -0.4 is 10.2 Å². The van der Waals surface area contributed by atoms with Crippen molar-refractivity contribution in [3.8, 4) is 0 Å². The second kappa shape index (κ2) is 4.37. The molecule has 0 radical (unpaired) electrons. The topological polar surface area (TPSA) is 44.0 Å². The lowest BCUT2D eigenvalue weighted by Gasteiger charge is -2.31. The number of hydrogen-bond donors (Lipinski definition) is 2. The van der Waals surface area contributed by atoms with Crippen LogP contribution in [0.25, 0.3) is 11.0 Å². The summed E-state index contributed by atoms with van der Waals surface area (Å²) in [6, 6.07) is 8.71. The molecule has 4 nitrogen and oxygen atoms in total. The minimum Gasteiger partial charge on any atom is -0.341 e. The lowest BCUT2D eigenvalue weighted by Crippen LogP contribution is -2.44. The van der Waals surface area contributed by atoms with Crippen LogP contribution in [0.5, 0.6) is 0 Å². The number of anilines is 1. The molecule has 1 fully saturated rings.